The van der Waals surface area contributed by atoms with Crippen molar-refractivity contribution < 1.29 is 0 Å². The fourth-order valence-corrected chi connectivity index (χ4v) is 2.20. The monoisotopic (exact) mass is 229 g/mol. The van der Waals surface area contributed by atoms with Crippen molar-refractivity contribution in [1.82, 2.24) is 0 Å². The molecule has 2 rings (SSSR count). The molecule has 0 radical (unpaired) electrons. The molecule has 0 saturated heterocycles. The quantitative estimate of drug-likeness (QED) is 0.780. The van der Waals surface area contributed by atoms with E-state index in [1.54, 1.807) is 6.07 Å². The number of nitrogens with two attached hydrogens (primary N) is 1. The second-order valence-electron chi connectivity index (χ2n) is 5.29. The maximum atomic E-state index is 9.05. The van der Waals surface area contributed by atoms with E-state index >= 15 is 0 Å². The zero-order chi connectivity index (χ0) is 12.5. The van der Waals surface area contributed by atoms with Crippen LogP contribution in [-0.4, -0.2) is 6.54 Å². The highest BCUT2D eigenvalue weighted by Crippen LogP contribution is 2.51. The summed E-state index contributed by atoms with van der Waals surface area (Å²) in [5, 5.41) is 12.4. The molecule has 1 aliphatic rings. The molecule has 0 heterocycles. The van der Waals surface area contributed by atoms with Crippen molar-refractivity contribution in [2.24, 2.45) is 11.3 Å². The maximum Gasteiger partial charge on any atom is 0.101 e. The van der Waals surface area contributed by atoms with Crippen LogP contribution in [0.15, 0.2) is 18.2 Å². The second kappa shape index (κ2) is 4.29. The average molecular weight is 229 g/mol. The number of anilines is 2. The molecule has 1 aromatic rings. The molecular formula is C14H19N3. The lowest BCUT2D eigenvalue weighted by molar-refractivity contribution is 0.380. The van der Waals surface area contributed by atoms with Gasteiger partial charge in [0.15, 0.2) is 0 Å². The topological polar surface area (TPSA) is 61.8 Å². The Balaban J connectivity index is 2.07. The smallest absolute Gasteiger partial charge is 0.101 e. The molecule has 3 heteroatoms. The molecule has 1 aromatic carbocycles. The van der Waals surface area contributed by atoms with Crippen LogP contribution in [0.5, 0.6) is 0 Å². The molecule has 0 amide bonds. The number of nitrogens with one attached hydrogen (secondary N) is 1. The molecule has 0 unspecified atom stereocenters. The van der Waals surface area contributed by atoms with Crippen LogP contribution < -0.4 is 11.1 Å². The molecule has 1 fully saturated rings. The highest BCUT2D eigenvalue weighted by atomic mass is 14.9. The summed E-state index contributed by atoms with van der Waals surface area (Å²) in [6.45, 7) is 5.48. The standard InChI is InChI=1S/C14H19N3/c1-10(2)14(5-6-14)9-17-13-4-3-12(16)7-11(13)8-15/h3-4,7,10,17H,5-6,9,16H2,1-2H3. The van der Waals surface area contributed by atoms with Gasteiger partial charge >= 0.3 is 0 Å². The third-order valence-corrected chi connectivity index (χ3v) is 3.91. The second-order valence-corrected chi connectivity index (χ2v) is 5.29. The highest BCUT2D eigenvalue weighted by molar-refractivity contribution is 5.63. The summed E-state index contributed by atoms with van der Waals surface area (Å²) in [5.74, 6) is 0.689. The van der Waals surface area contributed by atoms with Gasteiger partial charge in [-0.05, 0) is 42.4 Å². The van der Waals surface area contributed by atoms with Gasteiger partial charge in [-0.25, -0.2) is 0 Å². The van der Waals surface area contributed by atoms with Crippen molar-refractivity contribution in [3.05, 3.63) is 23.8 Å². The van der Waals surface area contributed by atoms with Gasteiger partial charge in [-0.2, -0.15) is 5.26 Å². The zero-order valence-corrected chi connectivity index (χ0v) is 10.5. The molecule has 90 valence electrons. The maximum absolute atomic E-state index is 9.05. The first-order valence-electron chi connectivity index (χ1n) is 6.11. The van der Waals surface area contributed by atoms with Gasteiger partial charge < -0.3 is 11.1 Å². The highest BCUT2D eigenvalue weighted by Gasteiger charge is 2.44. The van der Waals surface area contributed by atoms with Crippen molar-refractivity contribution in [3.8, 4) is 6.07 Å². The Morgan fingerprint density at radius 1 is 1.47 bits per heavy atom. The van der Waals surface area contributed by atoms with E-state index in [-0.39, 0.29) is 0 Å². The molecule has 0 atom stereocenters. The normalized spacial score (nSPS) is 16.6. The van der Waals surface area contributed by atoms with Crippen LogP contribution >= 0.6 is 0 Å². The van der Waals surface area contributed by atoms with Gasteiger partial charge in [0, 0.05) is 12.2 Å². The third-order valence-electron chi connectivity index (χ3n) is 3.91. The third kappa shape index (κ3) is 2.36. The van der Waals surface area contributed by atoms with Crippen LogP contribution in [0.4, 0.5) is 11.4 Å². The van der Waals surface area contributed by atoms with Crippen LogP contribution in [0.1, 0.15) is 32.3 Å². The van der Waals surface area contributed by atoms with Crippen molar-refractivity contribution in [2.75, 3.05) is 17.6 Å². The number of rotatable bonds is 4. The Hall–Kier alpha value is -1.69. The summed E-state index contributed by atoms with van der Waals surface area (Å²) >= 11 is 0. The van der Waals surface area contributed by atoms with Crippen LogP contribution in [0, 0.1) is 22.7 Å². The summed E-state index contributed by atoms with van der Waals surface area (Å²) < 4.78 is 0. The summed E-state index contributed by atoms with van der Waals surface area (Å²) in [7, 11) is 0. The van der Waals surface area contributed by atoms with Crippen LogP contribution in [0.2, 0.25) is 0 Å². The molecule has 1 aliphatic carbocycles. The van der Waals surface area contributed by atoms with Crippen LogP contribution in [0.25, 0.3) is 0 Å². The van der Waals surface area contributed by atoms with E-state index < -0.39 is 0 Å². The van der Waals surface area contributed by atoms with Gasteiger partial charge in [-0.15, -0.1) is 0 Å². The summed E-state index contributed by atoms with van der Waals surface area (Å²) in [6, 6.07) is 7.62. The van der Waals surface area contributed by atoms with E-state index in [0.29, 0.717) is 22.6 Å². The van der Waals surface area contributed by atoms with Gasteiger partial charge in [-0.1, -0.05) is 13.8 Å². The van der Waals surface area contributed by atoms with Crippen molar-refractivity contribution >= 4 is 11.4 Å². The number of nitrogen functional groups attached to an aromatic ring is 1. The molecule has 0 aliphatic heterocycles. The zero-order valence-electron chi connectivity index (χ0n) is 10.5. The number of hydrogen-bond donors (Lipinski definition) is 2. The number of hydrogen-bond acceptors (Lipinski definition) is 3. The Labute approximate surface area is 103 Å². The summed E-state index contributed by atoms with van der Waals surface area (Å²) in [6.07, 6.45) is 2.57. The Bertz CT molecular complexity index is 453. The van der Waals surface area contributed by atoms with Crippen molar-refractivity contribution in [3.63, 3.8) is 0 Å². The molecule has 1 saturated carbocycles. The lowest BCUT2D eigenvalue weighted by Gasteiger charge is -2.21. The number of nitrogens with zero attached hydrogens (tertiary/aromatic N) is 1. The average Bonchev–Trinajstić information content (AvgIpc) is 3.08. The predicted octanol–water partition coefficient (Wildman–Crippen LogP) is 2.99. The molecular weight excluding hydrogens is 210 g/mol. The number of benzene rings is 1. The Morgan fingerprint density at radius 3 is 2.71 bits per heavy atom. The number of nitriles is 1. The molecule has 3 nitrogen and oxygen atoms in total. The SMILES string of the molecule is CC(C)C1(CNc2ccc(N)cc2C#N)CC1. The van der Waals surface area contributed by atoms with E-state index in [2.05, 4.69) is 25.2 Å². The Kier molecular flexibility index (Phi) is 2.97. The first-order valence-corrected chi connectivity index (χ1v) is 6.11. The molecule has 0 aromatic heterocycles. The van der Waals surface area contributed by atoms with E-state index in [9.17, 15) is 0 Å². The lowest BCUT2D eigenvalue weighted by Crippen LogP contribution is -2.21. The van der Waals surface area contributed by atoms with E-state index in [1.165, 1.54) is 12.8 Å². The van der Waals surface area contributed by atoms with Gasteiger partial charge in [0.25, 0.3) is 0 Å². The van der Waals surface area contributed by atoms with Gasteiger partial charge in [-0.3, -0.25) is 0 Å². The van der Waals surface area contributed by atoms with Crippen molar-refractivity contribution in [1.29, 1.82) is 5.26 Å². The lowest BCUT2D eigenvalue weighted by atomic mass is 9.92. The van der Waals surface area contributed by atoms with Gasteiger partial charge in [0.1, 0.15) is 6.07 Å². The largest absolute Gasteiger partial charge is 0.399 e. The van der Waals surface area contributed by atoms with Crippen LogP contribution in [-0.2, 0) is 0 Å². The van der Waals surface area contributed by atoms with Crippen LogP contribution in [0.3, 0.4) is 0 Å². The first kappa shape index (κ1) is 11.8. The summed E-state index contributed by atoms with van der Waals surface area (Å²) in [5.41, 5.74) is 8.27. The van der Waals surface area contributed by atoms with E-state index in [0.717, 1.165) is 12.2 Å². The molecule has 0 bridgehead atoms. The minimum atomic E-state index is 0.439. The minimum absolute atomic E-state index is 0.439. The summed E-state index contributed by atoms with van der Waals surface area (Å²) in [4.78, 5) is 0. The first-order chi connectivity index (χ1) is 8.07. The molecule has 17 heavy (non-hydrogen) atoms. The minimum Gasteiger partial charge on any atom is -0.399 e. The fourth-order valence-electron chi connectivity index (χ4n) is 2.20. The fraction of sp³-hybridized carbons (Fsp3) is 0.500. The molecule has 0 spiro atoms. The van der Waals surface area contributed by atoms with E-state index in [1.807, 2.05) is 12.1 Å². The van der Waals surface area contributed by atoms with Gasteiger partial charge in [0.05, 0.1) is 11.3 Å². The predicted molar refractivity (Wildman–Crippen MR) is 70.6 cm³/mol. The Morgan fingerprint density at radius 2 is 2.18 bits per heavy atom. The van der Waals surface area contributed by atoms with Gasteiger partial charge in [0.2, 0.25) is 0 Å². The van der Waals surface area contributed by atoms with Crippen molar-refractivity contribution in [2.45, 2.75) is 26.7 Å². The molecule has 3 N–H and O–H groups in total. The van der Waals surface area contributed by atoms with E-state index in [4.69, 9.17) is 11.0 Å².